The van der Waals surface area contributed by atoms with Crippen LogP contribution < -0.4 is 10.5 Å². The van der Waals surface area contributed by atoms with Gasteiger partial charge in [0, 0.05) is 37.5 Å². The second-order valence-corrected chi connectivity index (χ2v) is 11.0. The number of hydrogen-bond acceptors (Lipinski definition) is 9. The van der Waals surface area contributed by atoms with Crippen LogP contribution in [0.5, 0.6) is 5.75 Å². The Morgan fingerprint density at radius 2 is 2.06 bits per heavy atom. The molecule has 2 N–H and O–H groups in total. The van der Waals surface area contributed by atoms with E-state index in [1.54, 1.807) is 25.8 Å². The lowest BCUT2D eigenvalue weighted by molar-refractivity contribution is -0.158. The maximum Gasteiger partial charge on any atom is 0.528 e. The summed E-state index contributed by atoms with van der Waals surface area (Å²) < 4.78 is 11.5. The van der Waals surface area contributed by atoms with E-state index in [2.05, 4.69) is 16.0 Å². The quantitative estimate of drug-likeness (QED) is 0.498. The molecule has 0 radical (unpaired) electrons. The summed E-state index contributed by atoms with van der Waals surface area (Å²) in [5.74, 6) is 0.516. The maximum absolute atomic E-state index is 11.9. The van der Waals surface area contributed by atoms with Gasteiger partial charge in [-0.15, -0.1) is 15.5 Å². The highest BCUT2D eigenvalue weighted by atomic mass is 32.2. The van der Waals surface area contributed by atoms with Crippen molar-refractivity contribution in [2.75, 3.05) is 18.8 Å². The van der Waals surface area contributed by atoms with E-state index >= 15 is 0 Å². The molecule has 1 fully saturated rings. The van der Waals surface area contributed by atoms with E-state index in [1.165, 1.54) is 6.20 Å². The summed E-state index contributed by atoms with van der Waals surface area (Å²) >= 11 is 0. The molecule has 10 nitrogen and oxygen atoms in total. The molecule has 11 heteroatoms. The Hall–Kier alpha value is -3.49. The van der Waals surface area contributed by atoms with Gasteiger partial charge in [0.05, 0.1) is 11.3 Å². The van der Waals surface area contributed by atoms with Crippen LogP contribution in [-0.2, 0) is 14.4 Å². The Morgan fingerprint density at radius 3 is 2.69 bits per heavy atom. The molecule has 1 aromatic carbocycles. The summed E-state index contributed by atoms with van der Waals surface area (Å²) in [4.78, 5) is 37.0. The van der Waals surface area contributed by atoms with Crippen molar-refractivity contribution in [3.63, 3.8) is 0 Å². The summed E-state index contributed by atoms with van der Waals surface area (Å²) in [6, 6.07) is 7.79. The minimum Gasteiger partial charge on any atom is -0.488 e. The number of nitrogens with zero attached hydrogens (tertiary/aromatic N) is 4. The Labute approximate surface area is 205 Å². The number of carbonyl (C=O) groups excluding carboxylic acids is 2. The molecule has 1 aromatic heterocycles. The van der Waals surface area contributed by atoms with Crippen molar-refractivity contribution < 1.29 is 23.9 Å². The summed E-state index contributed by atoms with van der Waals surface area (Å²) in [7, 11) is -0.562. The maximum atomic E-state index is 11.9. The lowest BCUT2D eigenvalue weighted by Crippen LogP contribution is -2.40. The molecule has 184 valence electrons. The average molecular weight is 498 g/mol. The third-order valence-corrected chi connectivity index (χ3v) is 7.05. The van der Waals surface area contributed by atoms with E-state index in [1.807, 2.05) is 23.6 Å². The third-order valence-electron chi connectivity index (χ3n) is 5.30. The highest BCUT2D eigenvalue weighted by Crippen LogP contribution is 2.32. The van der Waals surface area contributed by atoms with Crippen molar-refractivity contribution in [1.29, 1.82) is 5.26 Å². The van der Waals surface area contributed by atoms with E-state index in [0.717, 1.165) is 5.56 Å². The largest absolute Gasteiger partial charge is 0.528 e. The Balaban J connectivity index is 1.50. The molecular formula is C24H27N5O5S. The molecule has 2 aromatic rings. The van der Waals surface area contributed by atoms with Gasteiger partial charge in [-0.2, -0.15) is 10.3 Å². The van der Waals surface area contributed by atoms with Crippen molar-refractivity contribution in [2.24, 2.45) is 10.7 Å². The van der Waals surface area contributed by atoms with Gasteiger partial charge in [0.15, 0.2) is 5.17 Å². The average Bonchev–Trinajstić information content (AvgIpc) is 3.10. The van der Waals surface area contributed by atoms with Crippen molar-refractivity contribution in [3.05, 3.63) is 35.5 Å². The van der Waals surface area contributed by atoms with Crippen molar-refractivity contribution in [3.8, 4) is 11.8 Å². The van der Waals surface area contributed by atoms with E-state index in [9.17, 15) is 14.9 Å². The van der Waals surface area contributed by atoms with Gasteiger partial charge < -0.3 is 20.0 Å². The fourth-order valence-corrected chi connectivity index (χ4v) is 5.11. The number of piperidine rings is 1. The van der Waals surface area contributed by atoms with E-state index in [-0.39, 0.29) is 17.8 Å². The predicted molar refractivity (Wildman–Crippen MR) is 133 cm³/mol. The van der Waals surface area contributed by atoms with Gasteiger partial charge in [-0.1, -0.05) is 6.07 Å². The number of hydroxylamine groups is 2. The van der Waals surface area contributed by atoms with E-state index < -0.39 is 22.2 Å². The molecule has 3 heterocycles. The summed E-state index contributed by atoms with van der Waals surface area (Å²) in [5, 5.41) is 14.2. The molecule has 35 heavy (non-hydrogen) atoms. The molecule has 2 aliphatic rings. The number of ether oxygens (including phenoxy) is 2. The van der Waals surface area contributed by atoms with E-state index in [4.69, 9.17) is 20.0 Å². The third kappa shape index (κ3) is 6.15. The van der Waals surface area contributed by atoms with Gasteiger partial charge in [0.1, 0.15) is 29.1 Å². The fourth-order valence-electron chi connectivity index (χ4n) is 3.73. The van der Waals surface area contributed by atoms with Crippen LogP contribution in [0.25, 0.3) is 10.9 Å². The Bertz CT molecular complexity index is 1270. The predicted octanol–water partition coefficient (Wildman–Crippen LogP) is 3.09. The first-order valence-corrected chi connectivity index (χ1v) is 12.6. The summed E-state index contributed by atoms with van der Waals surface area (Å²) in [6.07, 6.45) is 1.80. The van der Waals surface area contributed by atoms with Crippen molar-refractivity contribution in [1.82, 2.24) is 10.0 Å². The van der Waals surface area contributed by atoms with Crippen molar-refractivity contribution >= 4 is 44.0 Å². The Kier molecular flexibility index (Phi) is 7.05. The minimum absolute atomic E-state index is 0.170. The number of benzene rings is 1. The highest BCUT2D eigenvalue weighted by molar-refractivity contribution is 8.28. The molecule has 4 rings (SSSR count). The Morgan fingerprint density at radius 1 is 1.31 bits per heavy atom. The number of nitrogens with two attached hydrogens (primary N) is 1. The SMILES string of the molecule is CC(C)(C)OC(=O)ON1CCC(Oc2c(C#N)cnc3ccc(/C=S4/CC(=O)N=C4N)cc23)CC1. The zero-order chi connectivity index (χ0) is 25.2. The molecule has 0 saturated carbocycles. The number of aliphatic imine (C=N–C) groups is 1. The summed E-state index contributed by atoms with van der Waals surface area (Å²) in [6.45, 7) is 6.28. The lowest BCUT2D eigenvalue weighted by Gasteiger charge is -2.31. The van der Waals surface area contributed by atoms with Gasteiger partial charge in [-0.05, 0) is 43.8 Å². The second kappa shape index (κ2) is 10.0. The van der Waals surface area contributed by atoms with Crippen LogP contribution >= 0.6 is 10.5 Å². The van der Waals surface area contributed by atoms with Gasteiger partial charge in [-0.3, -0.25) is 9.78 Å². The molecule has 0 aliphatic carbocycles. The number of amidine groups is 1. The number of carbonyl (C=O) groups is 2. The van der Waals surface area contributed by atoms with Crippen LogP contribution in [-0.4, -0.2) is 63.2 Å². The lowest BCUT2D eigenvalue weighted by atomic mass is 10.1. The molecule has 0 spiro atoms. The molecule has 1 saturated heterocycles. The topological polar surface area (TPSA) is 140 Å². The zero-order valence-corrected chi connectivity index (χ0v) is 20.6. The number of fused-ring (bicyclic) bond motifs is 1. The highest BCUT2D eigenvalue weighted by Gasteiger charge is 2.27. The first kappa shape index (κ1) is 24.6. The first-order valence-electron chi connectivity index (χ1n) is 11.2. The standard InChI is InChI=1S/C24H27N5O5S/c1-24(2,3)33-23(31)34-29-8-6-17(7-9-29)32-21-16(11-25)12-27-19-5-4-15(10-18(19)21)13-35-14-20(30)28-22(35)26/h4-5,10,12-13,17H,6-9,14H2,1-3H3,(H2,26,28,30). The summed E-state index contributed by atoms with van der Waals surface area (Å²) in [5.41, 5.74) is 7.13. The number of amides is 1. The normalized spacial score (nSPS) is 19.4. The van der Waals surface area contributed by atoms with Gasteiger partial charge in [0.2, 0.25) is 0 Å². The number of aromatic nitrogens is 1. The first-order chi connectivity index (χ1) is 16.6. The van der Waals surface area contributed by atoms with Crippen LogP contribution in [0.2, 0.25) is 0 Å². The monoisotopic (exact) mass is 497 g/mol. The second-order valence-electron chi connectivity index (χ2n) is 9.23. The van der Waals surface area contributed by atoms with Crippen LogP contribution in [0.1, 0.15) is 44.7 Å². The van der Waals surface area contributed by atoms with E-state index in [0.29, 0.717) is 53.3 Å². The number of hydrogen-bond donors (Lipinski definition) is 1. The minimum atomic E-state index is -0.733. The van der Waals surface area contributed by atoms with Crippen LogP contribution in [0.3, 0.4) is 0 Å². The smallest absolute Gasteiger partial charge is 0.488 e. The molecule has 1 atom stereocenters. The molecule has 1 unspecified atom stereocenters. The molecule has 0 bridgehead atoms. The van der Waals surface area contributed by atoms with Crippen LogP contribution in [0.4, 0.5) is 4.79 Å². The van der Waals surface area contributed by atoms with Crippen LogP contribution in [0, 0.1) is 11.3 Å². The number of pyridine rings is 1. The molecule has 2 aliphatic heterocycles. The van der Waals surface area contributed by atoms with Crippen LogP contribution in [0.15, 0.2) is 29.4 Å². The van der Waals surface area contributed by atoms with Crippen molar-refractivity contribution in [2.45, 2.75) is 45.3 Å². The fraction of sp³-hybridized carbons (Fsp3) is 0.417. The zero-order valence-electron chi connectivity index (χ0n) is 19.8. The number of rotatable bonds is 4. The van der Waals surface area contributed by atoms with Gasteiger partial charge in [0.25, 0.3) is 5.91 Å². The molecule has 1 amide bonds. The molecular weight excluding hydrogens is 470 g/mol. The van der Waals surface area contributed by atoms with Gasteiger partial charge in [-0.25, -0.2) is 4.79 Å². The number of nitriles is 1. The van der Waals surface area contributed by atoms with Gasteiger partial charge >= 0.3 is 6.16 Å².